The molecule has 1 aromatic heterocycles. The number of pyridine rings is 1. The minimum atomic E-state index is -0.403. The Morgan fingerprint density at radius 3 is 2.21 bits per heavy atom. The highest BCUT2D eigenvalue weighted by Gasteiger charge is 2.52. The first-order valence-electron chi connectivity index (χ1n) is 6.72. The molecule has 0 amide bonds. The summed E-state index contributed by atoms with van der Waals surface area (Å²) < 4.78 is 12.2. The van der Waals surface area contributed by atoms with Crippen LogP contribution in [0.2, 0.25) is 0 Å². The van der Waals surface area contributed by atoms with Crippen LogP contribution in [-0.2, 0) is 9.31 Å². The van der Waals surface area contributed by atoms with E-state index in [0.717, 1.165) is 16.7 Å². The Hall–Kier alpha value is -0.905. The third-order valence-electron chi connectivity index (χ3n) is 4.16. The predicted octanol–water partition coefficient (Wildman–Crippen LogP) is 1.71. The molecule has 19 heavy (non-hydrogen) atoms. The van der Waals surface area contributed by atoms with Crippen molar-refractivity contribution in [1.29, 1.82) is 0 Å². The summed E-state index contributed by atoms with van der Waals surface area (Å²) in [5, 5.41) is 0. The van der Waals surface area contributed by atoms with Crippen molar-refractivity contribution in [1.82, 2.24) is 4.98 Å². The van der Waals surface area contributed by atoms with Gasteiger partial charge in [-0.05, 0) is 53.2 Å². The van der Waals surface area contributed by atoms with E-state index in [2.05, 4.69) is 4.98 Å². The topological polar surface area (TPSA) is 57.4 Å². The Balaban J connectivity index is 2.45. The first kappa shape index (κ1) is 14.5. The molecule has 2 heterocycles. The van der Waals surface area contributed by atoms with E-state index in [0.29, 0.717) is 0 Å². The highest BCUT2D eigenvalue weighted by molar-refractivity contribution is 6.63. The first-order chi connectivity index (χ1) is 8.66. The maximum Gasteiger partial charge on any atom is 0.497 e. The van der Waals surface area contributed by atoms with E-state index in [1.54, 1.807) is 6.20 Å². The van der Waals surface area contributed by atoms with Crippen LogP contribution in [0.5, 0.6) is 0 Å². The molecular weight excluding hydrogens is 239 g/mol. The third kappa shape index (κ3) is 2.42. The van der Waals surface area contributed by atoms with Crippen LogP contribution in [0.1, 0.15) is 51.9 Å². The molecule has 1 aromatic rings. The van der Waals surface area contributed by atoms with E-state index in [1.807, 2.05) is 47.6 Å². The molecular formula is C14H23BN2O2. The Morgan fingerprint density at radius 2 is 1.74 bits per heavy atom. The van der Waals surface area contributed by atoms with E-state index in [1.165, 1.54) is 0 Å². The van der Waals surface area contributed by atoms with Crippen LogP contribution in [0, 0.1) is 6.92 Å². The molecule has 0 spiro atoms. The Labute approximate surface area is 115 Å². The van der Waals surface area contributed by atoms with Crippen LogP contribution < -0.4 is 11.2 Å². The fourth-order valence-electron chi connectivity index (χ4n) is 2.22. The van der Waals surface area contributed by atoms with E-state index in [4.69, 9.17) is 15.0 Å². The molecule has 1 unspecified atom stereocenters. The van der Waals surface area contributed by atoms with Gasteiger partial charge in [-0.3, -0.25) is 4.98 Å². The van der Waals surface area contributed by atoms with Crippen LogP contribution in [0.3, 0.4) is 0 Å². The van der Waals surface area contributed by atoms with Gasteiger partial charge in [0.2, 0.25) is 0 Å². The van der Waals surface area contributed by atoms with Gasteiger partial charge < -0.3 is 15.0 Å². The molecule has 0 aliphatic carbocycles. The number of hydrogen-bond donors (Lipinski definition) is 1. The molecule has 1 aliphatic rings. The lowest BCUT2D eigenvalue weighted by Crippen LogP contribution is -2.41. The van der Waals surface area contributed by atoms with Crippen LogP contribution in [0.4, 0.5) is 0 Å². The summed E-state index contributed by atoms with van der Waals surface area (Å²) in [5.74, 6) is 0. The normalized spacial score (nSPS) is 22.6. The van der Waals surface area contributed by atoms with Gasteiger partial charge >= 0.3 is 7.12 Å². The molecule has 0 aromatic carbocycles. The molecule has 5 heteroatoms. The van der Waals surface area contributed by atoms with Crippen LogP contribution in [0.25, 0.3) is 0 Å². The molecule has 4 nitrogen and oxygen atoms in total. The van der Waals surface area contributed by atoms with Crippen molar-refractivity contribution in [3.05, 3.63) is 23.5 Å². The fourth-order valence-corrected chi connectivity index (χ4v) is 2.22. The van der Waals surface area contributed by atoms with Crippen molar-refractivity contribution in [3.63, 3.8) is 0 Å². The summed E-state index contributed by atoms with van der Waals surface area (Å²) in [6, 6.07) is 1.82. The lowest BCUT2D eigenvalue weighted by Gasteiger charge is -2.32. The van der Waals surface area contributed by atoms with E-state index in [-0.39, 0.29) is 17.2 Å². The van der Waals surface area contributed by atoms with Gasteiger partial charge in [-0.15, -0.1) is 0 Å². The molecule has 1 saturated heterocycles. The summed E-state index contributed by atoms with van der Waals surface area (Å²) in [7, 11) is -0.403. The van der Waals surface area contributed by atoms with E-state index < -0.39 is 7.12 Å². The zero-order chi connectivity index (χ0) is 14.4. The van der Waals surface area contributed by atoms with Crippen molar-refractivity contribution in [2.45, 2.75) is 58.8 Å². The number of aryl methyl sites for hydroxylation is 1. The van der Waals surface area contributed by atoms with Gasteiger partial charge in [-0.25, -0.2) is 0 Å². The zero-order valence-corrected chi connectivity index (χ0v) is 12.7. The Bertz CT molecular complexity index is 470. The largest absolute Gasteiger partial charge is 0.497 e. The Kier molecular flexibility index (Phi) is 3.50. The monoisotopic (exact) mass is 262 g/mol. The molecule has 1 fully saturated rings. The van der Waals surface area contributed by atoms with Crippen molar-refractivity contribution < 1.29 is 9.31 Å². The molecule has 0 saturated carbocycles. The van der Waals surface area contributed by atoms with Crippen molar-refractivity contribution in [3.8, 4) is 0 Å². The maximum absolute atomic E-state index is 6.10. The van der Waals surface area contributed by atoms with Gasteiger partial charge in [0.1, 0.15) is 0 Å². The molecule has 1 aliphatic heterocycles. The molecule has 1 atom stereocenters. The summed E-state index contributed by atoms with van der Waals surface area (Å²) in [4.78, 5) is 4.39. The molecule has 0 radical (unpaired) electrons. The van der Waals surface area contributed by atoms with Gasteiger partial charge in [0, 0.05) is 17.7 Å². The maximum atomic E-state index is 6.10. The standard InChI is InChI=1S/C14H23BN2O2/c1-9-7-8-17-12(10(2)16)11(9)15-18-13(3,4)14(5,6)19-15/h7-8,10H,16H2,1-6H3. The minimum Gasteiger partial charge on any atom is -0.399 e. The third-order valence-corrected chi connectivity index (χ3v) is 4.16. The van der Waals surface area contributed by atoms with Crippen molar-refractivity contribution in [2.75, 3.05) is 0 Å². The number of rotatable bonds is 2. The second-order valence-electron chi connectivity index (χ2n) is 6.30. The summed E-state index contributed by atoms with van der Waals surface area (Å²) in [6.45, 7) is 12.1. The average molecular weight is 262 g/mol. The summed E-state index contributed by atoms with van der Waals surface area (Å²) in [6.07, 6.45) is 1.78. The minimum absolute atomic E-state index is 0.145. The predicted molar refractivity (Wildman–Crippen MR) is 77.3 cm³/mol. The summed E-state index contributed by atoms with van der Waals surface area (Å²) >= 11 is 0. The van der Waals surface area contributed by atoms with Crippen LogP contribution in [-0.4, -0.2) is 23.3 Å². The highest BCUT2D eigenvalue weighted by atomic mass is 16.7. The molecule has 0 bridgehead atoms. The lowest BCUT2D eigenvalue weighted by atomic mass is 9.74. The first-order valence-corrected chi connectivity index (χ1v) is 6.72. The zero-order valence-electron chi connectivity index (χ0n) is 12.7. The smallest absolute Gasteiger partial charge is 0.399 e. The Morgan fingerprint density at radius 1 is 1.21 bits per heavy atom. The van der Waals surface area contributed by atoms with Gasteiger partial charge in [-0.2, -0.15) is 0 Å². The fraction of sp³-hybridized carbons (Fsp3) is 0.643. The number of nitrogens with two attached hydrogens (primary N) is 1. The molecule has 2 N–H and O–H groups in total. The average Bonchev–Trinajstić information content (AvgIpc) is 2.47. The second kappa shape index (κ2) is 4.58. The quantitative estimate of drug-likeness (QED) is 0.824. The van der Waals surface area contributed by atoms with Crippen molar-refractivity contribution in [2.24, 2.45) is 5.73 Å². The second-order valence-corrected chi connectivity index (χ2v) is 6.30. The lowest BCUT2D eigenvalue weighted by molar-refractivity contribution is 0.00578. The highest BCUT2D eigenvalue weighted by Crippen LogP contribution is 2.37. The SMILES string of the molecule is Cc1ccnc(C(C)N)c1B1OC(C)(C)C(C)(C)O1. The van der Waals surface area contributed by atoms with E-state index >= 15 is 0 Å². The van der Waals surface area contributed by atoms with Gasteiger partial charge in [0.05, 0.1) is 16.9 Å². The van der Waals surface area contributed by atoms with Gasteiger partial charge in [0.25, 0.3) is 0 Å². The van der Waals surface area contributed by atoms with Crippen LogP contribution >= 0.6 is 0 Å². The number of aromatic nitrogens is 1. The van der Waals surface area contributed by atoms with Gasteiger partial charge in [0.15, 0.2) is 0 Å². The molecule has 104 valence electrons. The summed E-state index contributed by atoms with van der Waals surface area (Å²) in [5.41, 5.74) is 8.22. The van der Waals surface area contributed by atoms with Gasteiger partial charge in [-0.1, -0.05) is 0 Å². The van der Waals surface area contributed by atoms with E-state index in [9.17, 15) is 0 Å². The van der Waals surface area contributed by atoms with Crippen molar-refractivity contribution >= 4 is 12.6 Å². The van der Waals surface area contributed by atoms with Crippen LogP contribution in [0.15, 0.2) is 12.3 Å². The number of hydrogen-bond acceptors (Lipinski definition) is 4. The molecule has 2 rings (SSSR count). The number of nitrogens with zero attached hydrogens (tertiary/aromatic N) is 1.